The Morgan fingerprint density at radius 1 is 1.50 bits per heavy atom. The van der Waals surface area contributed by atoms with Gasteiger partial charge in [-0.3, -0.25) is 0 Å². The van der Waals surface area contributed by atoms with Crippen LogP contribution in [-0.2, 0) is 4.74 Å². The van der Waals surface area contributed by atoms with Crippen LogP contribution in [0.5, 0.6) is 0 Å². The van der Waals surface area contributed by atoms with E-state index in [1.165, 1.54) is 20.0 Å². The highest BCUT2D eigenvalue weighted by atomic mass is 16.5. The SMILES string of the molecule is COC(=O)c1ccccc1NCCC1CCCN1. The number of carbonyl (C=O) groups is 1. The molecule has 1 heterocycles. The van der Waals surface area contributed by atoms with E-state index in [9.17, 15) is 4.79 Å². The molecular weight excluding hydrogens is 228 g/mol. The quantitative estimate of drug-likeness (QED) is 0.783. The maximum absolute atomic E-state index is 11.6. The minimum atomic E-state index is -0.294. The molecule has 1 saturated heterocycles. The second-order valence-electron chi connectivity index (χ2n) is 4.55. The van der Waals surface area contributed by atoms with Gasteiger partial charge in [0.1, 0.15) is 0 Å². The molecule has 1 unspecified atom stereocenters. The van der Waals surface area contributed by atoms with Gasteiger partial charge >= 0.3 is 5.97 Å². The smallest absolute Gasteiger partial charge is 0.339 e. The van der Waals surface area contributed by atoms with Crippen LogP contribution in [0.15, 0.2) is 24.3 Å². The van der Waals surface area contributed by atoms with Crippen molar-refractivity contribution in [3.05, 3.63) is 29.8 Å². The van der Waals surface area contributed by atoms with Crippen molar-refractivity contribution in [2.45, 2.75) is 25.3 Å². The van der Waals surface area contributed by atoms with Gasteiger partial charge in [0.2, 0.25) is 0 Å². The molecule has 0 spiro atoms. The Morgan fingerprint density at radius 3 is 3.06 bits per heavy atom. The number of nitrogens with one attached hydrogen (secondary N) is 2. The molecule has 2 rings (SSSR count). The van der Waals surface area contributed by atoms with Crippen LogP contribution >= 0.6 is 0 Å². The summed E-state index contributed by atoms with van der Waals surface area (Å²) < 4.78 is 4.77. The van der Waals surface area contributed by atoms with Gasteiger partial charge in [0.05, 0.1) is 12.7 Å². The number of anilines is 1. The average molecular weight is 248 g/mol. The van der Waals surface area contributed by atoms with Crippen molar-refractivity contribution in [3.63, 3.8) is 0 Å². The fourth-order valence-electron chi connectivity index (χ4n) is 2.31. The second kappa shape index (κ2) is 6.40. The standard InChI is InChI=1S/C14H20N2O2/c1-18-14(17)12-6-2-3-7-13(12)16-10-8-11-5-4-9-15-11/h2-3,6-7,11,15-16H,4-5,8-10H2,1H3. The topological polar surface area (TPSA) is 50.4 Å². The maximum Gasteiger partial charge on any atom is 0.339 e. The summed E-state index contributed by atoms with van der Waals surface area (Å²) in [4.78, 5) is 11.6. The summed E-state index contributed by atoms with van der Waals surface area (Å²) in [5, 5.41) is 6.77. The monoisotopic (exact) mass is 248 g/mol. The van der Waals surface area contributed by atoms with E-state index in [0.29, 0.717) is 11.6 Å². The Bertz CT molecular complexity index is 401. The average Bonchev–Trinajstić information content (AvgIpc) is 2.92. The lowest BCUT2D eigenvalue weighted by atomic mass is 10.1. The van der Waals surface area contributed by atoms with Crippen LogP contribution in [0.4, 0.5) is 5.69 Å². The summed E-state index contributed by atoms with van der Waals surface area (Å²) in [5.41, 5.74) is 1.45. The number of benzene rings is 1. The van der Waals surface area contributed by atoms with Gasteiger partial charge in [0, 0.05) is 18.3 Å². The van der Waals surface area contributed by atoms with E-state index in [-0.39, 0.29) is 5.97 Å². The molecule has 4 nitrogen and oxygen atoms in total. The van der Waals surface area contributed by atoms with E-state index in [2.05, 4.69) is 10.6 Å². The van der Waals surface area contributed by atoms with E-state index in [1.54, 1.807) is 6.07 Å². The lowest BCUT2D eigenvalue weighted by Crippen LogP contribution is -2.24. The molecule has 1 aliphatic heterocycles. The molecule has 4 heteroatoms. The Hall–Kier alpha value is -1.55. The molecule has 1 fully saturated rings. The zero-order chi connectivity index (χ0) is 12.8. The Morgan fingerprint density at radius 2 is 2.33 bits per heavy atom. The molecule has 1 aromatic carbocycles. The summed E-state index contributed by atoms with van der Waals surface area (Å²) >= 11 is 0. The second-order valence-corrected chi connectivity index (χ2v) is 4.55. The Balaban J connectivity index is 1.89. The summed E-state index contributed by atoms with van der Waals surface area (Å²) in [7, 11) is 1.40. The molecule has 1 aromatic rings. The normalized spacial score (nSPS) is 18.6. The van der Waals surface area contributed by atoms with Crippen molar-refractivity contribution >= 4 is 11.7 Å². The molecular formula is C14H20N2O2. The molecule has 0 aromatic heterocycles. The molecule has 0 bridgehead atoms. The largest absolute Gasteiger partial charge is 0.465 e. The van der Waals surface area contributed by atoms with Crippen LogP contribution in [0, 0.1) is 0 Å². The third kappa shape index (κ3) is 3.23. The summed E-state index contributed by atoms with van der Waals surface area (Å²) in [6.45, 7) is 2.00. The first-order valence-corrected chi connectivity index (χ1v) is 6.46. The van der Waals surface area contributed by atoms with Gasteiger partial charge < -0.3 is 15.4 Å². The molecule has 1 atom stereocenters. The minimum Gasteiger partial charge on any atom is -0.465 e. The first kappa shape index (κ1) is 12.9. The van der Waals surface area contributed by atoms with Gasteiger partial charge in [-0.25, -0.2) is 4.79 Å². The van der Waals surface area contributed by atoms with E-state index in [1.807, 2.05) is 18.2 Å². The van der Waals surface area contributed by atoms with Gasteiger partial charge in [0.15, 0.2) is 0 Å². The molecule has 1 aliphatic rings. The zero-order valence-electron chi connectivity index (χ0n) is 10.7. The number of carbonyl (C=O) groups excluding carboxylic acids is 1. The molecule has 0 saturated carbocycles. The summed E-state index contributed by atoms with van der Waals surface area (Å²) in [5.74, 6) is -0.294. The maximum atomic E-state index is 11.6. The van der Waals surface area contributed by atoms with E-state index in [0.717, 1.165) is 25.2 Å². The minimum absolute atomic E-state index is 0.294. The fraction of sp³-hybridized carbons (Fsp3) is 0.500. The van der Waals surface area contributed by atoms with Crippen molar-refractivity contribution in [1.29, 1.82) is 0 Å². The van der Waals surface area contributed by atoms with Gasteiger partial charge in [-0.1, -0.05) is 12.1 Å². The summed E-state index contributed by atoms with van der Waals surface area (Å²) in [6.07, 6.45) is 3.60. The number of hydrogen-bond donors (Lipinski definition) is 2. The number of para-hydroxylation sites is 1. The van der Waals surface area contributed by atoms with E-state index in [4.69, 9.17) is 4.74 Å². The highest BCUT2D eigenvalue weighted by Crippen LogP contribution is 2.16. The first-order chi connectivity index (χ1) is 8.81. The number of hydrogen-bond acceptors (Lipinski definition) is 4. The predicted octanol–water partition coefficient (Wildman–Crippen LogP) is 2.03. The Labute approximate surface area is 108 Å². The van der Waals surface area contributed by atoms with Crippen LogP contribution in [0.3, 0.4) is 0 Å². The van der Waals surface area contributed by atoms with Crippen molar-refractivity contribution < 1.29 is 9.53 Å². The number of rotatable bonds is 5. The highest BCUT2D eigenvalue weighted by Gasteiger charge is 2.14. The van der Waals surface area contributed by atoms with Gasteiger partial charge in [0.25, 0.3) is 0 Å². The van der Waals surface area contributed by atoms with Crippen LogP contribution in [0.25, 0.3) is 0 Å². The zero-order valence-corrected chi connectivity index (χ0v) is 10.7. The van der Waals surface area contributed by atoms with E-state index >= 15 is 0 Å². The molecule has 98 valence electrons. The van der Waals surface area contributed by atoms with Crippen molar-refractivity contribution in [3.8, 4) is 0 Å². The van der Waals surface area contributed by atoms with Crippen LogP contribution in [-0.4, -0.2) is 32.2 Å². The van der Waals surface area contributed by atoms with Crippen molar-refractivity contribution in [1.82, 2.24) is 5.32 Å². The van der Waals surface area contributed by atoms with Gasteiger partial charge in [-0.2, -0.15) is 0 Å². The van der Waals surface area contributed by atoms with E-state index < -0.39 is 0 Å². The molecule has 0 aliphatic carbocycles. The summed E-state index contributed by atoms with van der Waals surface area (Å²) in [6, 6.07) is 8.07. The number of esters is 1. The molecule has 2 N–H and O–H groups in total. The van der Waals surface area contributed by atoms with Gasteiger partial charge in [-0.05, 0) is 37.9 Å². The van der Waals surface area contributed by atoms with Gasteiger partial charge in [-0.15, -0.1) is 0 Å². The third-order valence-corrected chi connectivity index (χ3v) is 3.30. The van der Waals surface area contributed by atoms with Crippen LogP contribution in [0.1, 0.15) is 29.6 Å². The highest BCUT2D eigenvalue weighted by molar-refractivity contribution is 5.95. The number of methoxy groups -OCH3 is 1. The molecule has 0 amide bonds. The molecule has 0 radical (unpaired) electrons. The Kier molecular flexibility index (Phi) is 4.59. The lowest BCUT2D eigenvalue weighted by Gasteiger charge is -2.13. The predicted molar refractivity (Wildman–Crippen MR) is 71.9 cm³/mol. The van der Waals surface area contributed by atoms with Crippen LogP contribution < -0.4 is 10.6 Å². The fourth-order valence-corrected chi connectivity index (χ4v) is 2.31. The van der Waals surface area contributed by atoms with Crippen LogP contribution in [0.2, 0.25) is 0 Å². The molecule has 18 heavy (non-hydrogen) atoms. The van der Waals surface area contributed by atoms with Crippen molar-refractivity contribution in [2.24, 2.45) is 0 Å². The number of ether oxygens (including phenoxy) is 1. The first-order valence-electron chi connectivity index (χ1n) is 6.46. The third-order valence-electron chi connectivity index (χ3n) is 3.30. The lowest BCUT2D eigenvalue weighted by molar-refractivity contribution is 0.0602. The van der Waals surface area contributed by atoms with Crippen molar-refractivity contribution in [2.75, 3.05) is 25.5 Å².